The SMILES string of the molecule is O=C(CCCC[C@@H]1SC[C@@H]2NC(=O)N[C@@H]21)NCCNN1C(=O)C=CC1=O. The van der Waals surface area contributed by atoms with Crippen LogP contribution in [0.1, 0.15) is 25.7 Å². The van der Waals surface area contributed by atoms with Crippen molar-refractivity contribution < 1.29 is 19.2 Å². The molecule has 0 spiro atoms. The zero-order chi connectivity index (χ0) is 18.5. The van der Waals surface area contributed by atoms with E-state index in [0.29, 0.717) is 24.8 Å². The van der Waals surface area contributed by atoms with E-state index in [-0.39, 0.29) is 24.0 Å². The molecule has 2 saturated heterocycles. The van der Waals surface area contributed by atoms with Gasteiger partial charge in [0.05, 0.1) is 12.1 Å². The van der Waals surface area contributed by atoms with E-state index in [0.717, 1.165) is 30.0 Å². The van der Waals surface area contributed by atoms with Crippen molar-refractivity contribution in [3.8, 4) is 0 Å². The van der Waals surface area contributed by atoms with Gasteiger partial charge >= 0.3 is 6.03 Å². The predicted molar refractivity (Wildman–Crippen MR) is 96.0 cm³/mol. The lowest BCUT2D eigenvalue weighted by Crippen LogP contribution is -2.45. The molecule has 5 amide bonds. The van der Waals surface area contributed by atoms with Crippen molar-refractivity contribution in [1.82, 2.24) is 26.4 Å². The maximum atomic E-state index is 11.8. The molecule has 0 aliphatic carbocycles. The number of hydrogen-bond acceptors (Lipinski definition) is 6. The van der Waals surface area contributed by atoms with Crippen LogP contribution in [-0.2, 0) is 14.4 Å². The first kappa shape index (κ1) is 18.7. The number of nitrogens with zero attached hydrogens (tertiary/aromatic N) is 1. The molecular weight excluding hydrogens is 358 g/mol. The molecule has 0 aromatic heterocycles. The summed E-state index contributed by atoms with van der Waals surface area (Å²) in [5.74, 6) is 0.0971. The van der Waals surface area contributed by atoms with Gasteiger partial charge in [-0.05, 0) is 12.8 Å². The average molecular weight is 381 g/mol. The van der Waals surface area contributed by atoms with E-state index in [1.54, 1.807) is 0 Å². The highest BCUT2D eigenvalue weighted by molar-refractivity contribution is 8.00. The van der Waals surface area contributed by atoms with Gasteiger partial charge in [0.15, 0.2) is 0 Å². The topological polar surface area (TPSA) is 120 Å². The number of amides is 5. The maximum absolute atomic E-state index is 11.8. The number of hydrogen-bond donors (Lipinski definition) is 4. The second-order valence-electron chi connectivity index (χ2n) is 6.47. The van der Waals surface area contributed by atoms with Gasteiger partial charge in [-0.25, -0.2) is 15.2 Å². The minimum absolute atomic E-state index is 0.0446. The number of carbonyl (C=O) groups is 4. The fourth-order valence-corrected chi connectivity index (χ4v) is 4.83. The van der Waals surface area contributed by atoms with Gasteiger partial charge in [0.25, 0.3) is 11.8 Å². The van der Waals surface area contributed by atoms with E-state index < -0.39 is 11.8 Å². The van der Waals surface area contributed by atoms with E-state index in [1.165, 1.54) is 12.2 Å². The third-order valence-corrected chi connectivity index (χ3v) is 6.12. The number of unbranched alkanes of at least 4 members (excludes halogenated alkanes) is 1. The van der Waals surface area contributed by atoms with Crippen molar-refractivity contribution in [3.05, 3.63) is 12.2 Å². The molecule has 0 saturated carbocycles. The number of thioether (sulfide) groups is 1. The Labute approximate surface area is 155 Å². The first-order chi connectivity index (χ1) is 12.5. The normalized spacial score (nSPS) is 26.8. The second kappa shape index (κ2) is 8.54. The van der Waals surface area contributed by atoms with Crippen LogP contribution in [0.25, 0.3) is 0 Å². The van der Waals surface area contributed by atoms with E-state index in [1.807, 2.05) is 11.8 Å². The van der Waals surface area contributed by atoms with E-state index in [4.69, 9.17) is 0 Å². The third kappa shape index (κ3) is 4.55. The van der Waals surface area contributed by atoms with Crippen molar-refractivity contribution in [1.29, 1.82) is 0 Å². The molecule has 9 nitrogen and oxygen atoms in total. The van der Waals surface area contributed by atoms with Crippen molar-refractivity contribution >= 4 is 35.5 Å². The molecule has 3 atom stereocenters. The van der Waals surface area contributed by atoms with Gasteiger partial charge in [-0.15, -0.1) is 0 Å². The molecule has 3 heterocycles. The maximum Gasteiger partial charge on any atom is 0.315 e. The lowest BCUT2D eigenvalue weighted by molar-refractivity contribution is -0.140. The highest BCUT2D eigenvalue weighted by Gasteiger charge is 2.42. The summed E-state index contributed by atoms with van der Waals surface area (Å²) in [6.07, 6.45) is 5.55. The van der Waals surface area contributed by atoms with Crippen molar-refractivity contribution in [2.75, 3.05) is 18.8 Å². The molecule has 10 heteroatoms. The molecule has 0 bridgehead atoms. The van der Waals surface area contributed by atoms with Gasteiger partial charge < -0.3 is 16.0 Å². The first-order valence-electron chi connectivity index (χ1n) is 8.79. The van der Waals surface area contributed by atoms with Crippen molar-refractivity contribution in [3.63, 3.8) is 0 Å². The number of carbonyl (C=O) groups excluding carboxylic acids is 4. The molecule has 0 unspecified atom stereocenters. The van der Waals surface area contributed by atoms with Gasteiger partial charge in [0.1, 0.15) is 0 Å². The summed E-state index contributed by atoms with van der Waals surface area (Å²) in [4.78, 5) is 45.8. The number of rotatable bonds is 9. The highest BCUT2D eigenvalue weighted by Crippen LogP contribution is 2.33. The molecule has 0 aromatic carbocycles. The molecule has 3 rings (SSSR count). The number of hydrazine groups is 1. The van der Waals surface area contributed by atoms with Gasteiger partial charge in [0, 0.05) is 42.7 Å². The second-order valence-corrected chi connectivity index (χ2v) is 7.74. The number of urea groups is 1. The van der Waals surface area contributed by atoms with Gasteiger partial charge in [0.2, 0.25) is 5.91 Å². The zero-order valence-electron chi connectivity index (χ0n) is 14.3. The summed E-state index contributed by atoms with van der Waals surface area (Å²) in [6, 6.07) is 0.363. The van der Waals surface area contributed by atoms with Crippen LogP contribution in [0.4, 0.5) is 4.79 Å². The molecule has 26 heavy (non-hydrogen) atoms. The number of nitrogens with one attached hydrogen (secondary N) is 4. The Balaban J connectivity index is 1.22. The monoisotopic (exact) mass is 381 g/mol. The van der Waals surface area contributed by atoms with Crippen LogP contribution in [0, 0.1) is 0 Å². The van der Waals surface area contributed by atoms with Crippen LogP contribution in [0.2, 0.25) is 0 Å². The molecule has 0 aromatic rings. The van der Waals surface area contributed by atoms with Crippen LogP contribution in [0.15, 0.2) is 12.2 Å². The Morgan fingerprint density at radius 3 is 2.69 bits per heavy atom. The smallest absolute Gasteiger partial charge is 0.315 e. The van der Waals surface area contributed by atoms with Crippen molar-refractivity contribution in [2.45, 2.75) is 43.0 Å². The lowest BCUT2D eigenvalue weighted by atomic mass is 10.0. The van der Waals surface area contributed by atoms with Gasteiger partial charge in [-0.2, -0.15) is 11.8 Å². The Morgan fingerprint density at radius 1 is 1.15 bits per heavy atom. The van der Waals surface area contributed by atoms with E-state index >= 15 is 0 Å². The Bertz CT molecular complexity index is 608. The Morgan fingerprint density at radius 2 is 1.92 bits per heavy atom. The fourth-order valence-electron chi connectivity index (χ4n) is 3.29. The molecule has 142 valence electrons. The summed E-state index contributed by atoms with van der Waals surface area (Å²) < 4.78 is 0. The van der Waals surface area contributed by atoms with Gasteiger partial charge in [-0.3, -0.25) is 14.4 Å². The van der Waals surface area contributed by atoms with Crippen molar-refractivity contribution in [2.24, 2.45) is 0 Å². The van der Waals surface area contributed by atoms with Crippen LogP contribution in [-0.4, -0.2) is 64.9 Å². The summed E-state index contributed by atoms with van der Waals surface area (Å²) in [5, 5.41) is 9.99. The summed E-state index contributed by atoms with van der Waals surface area (Å²) in [6.45, 7) is 0.648. The van der Waals surface area contributed by atoms with Gasteiger partial charge in [-0.1, -0.05) is 6.42 Å². The quantitative estimate of drug-likeness (QED) is 0.237. The van der Waals surface area contributed by atoms with Crippen LogP contribution in [0.5, 0.6) is 0 Å². The molecule has 4 N–H and O–H groups in total. The van der Waals surface area contributed by atoms with Crippen LogP contribution < -0.4 is 21.4 Å². The standard InChI is InChI=1S/C16H23N5O4S/c22-12(17-7-8-18-21-13(23)5-6-14(21)24)4-2-1-3-11-15-10(9-26-11)19-16(25)20-15/h5-6,10-11,15,18H,1-4,7-9H2,(H,17,22)(H2,19,20,25)/t10-,11-,15-/m0/s1. The predicted octanol–water partition coefficient (Wildman–Crippen LogP) is -0.742. The Hall–Kier alpha value is -2.07. The number of fused-ring (bicyclic) bond motifs is 1. The Kier molecular flexibility index (Phi) is 6.15. The lowest BCUT2D eigenvalue weighted by Gasteiger charge is -2.16. The largest absolute Gasteiger partial charge is 0.355 e. The first-order valence-corrected chi connectivity index (χ1v) is 9.84. The number of imide groups is 1. The minimum atomic E-state index is -0.401. The third-order valence-electron chi connectivity index (χ3n) is 4.61. The molecule has 2 fully saturated rings. The molecule has 0 radical (unpaired) electrons. The fraction of sp³-hybridized carbons (Fsp3) is 0.625. The van der Waals surface area contributed by atoms with Crippen LogP contribution in [0.3, 0.4) is 0 Å². The highest BCUT2D eigenvalue weighted by atomic mass is 32.2. The summed E-state index contributed by atoms with van der Waals surface area (Å²) in [5.41, 5.74) is 2.68. The average Bonchev–Trinajstić information content (AvgIpc) is 3.25. The minimum Gasteiger partial charge on any atom is -0.355 e. The van der Waals surface area contributed by atoms with E-state index in [9.17, 15) is 19.2 Å². The summed E-state index contributed by atoms with van der Waals surface area (Å²) >= 11 is 1.87. The van der Waals surface area contributed by atoms with Crippen LogP contribution >= 0.6 is 11.8 Å². The zero-order valence-corrected chi connectivity index (χ0v) is 15.1. The molecule has 3 aliphatic rings. The molecule has 3 aliphatic heterocycles. The molecular formula is C16H23N5O4S. The van der Waals surface area contributed by atoms with E-state index in [2.05, 4.69) is 21.4 Å². The summed E-state index contributed by atoms with van der Waals surface area (Å²) in [7, 11) is 0.